The Morgan fingerprint density at radius 3 is 2.75 bits per heavy atom. The first kappa shape index (κ1) is 24.1. The molecular formula is C24H29ClN4O2S. The second kappa shape index (κ2) is 11.9. The third-order valence-electron chi connectivity index (χ3n) is 5.05. The van der Waals surface area contributed by atoms with Gasteiger partial charge in [-0.3, -0.25) is 4.79 Å². The van der Waals surface area contributed by atoms with E-state index >= 15 is 0 Å². The van der Waals surface area contributed by atoms with Gasteiger partial charge in [-0.1, -0.05) is 48.5 Å². The Hall–Kier alpha value is -2.51. The molecule has 2 aromatic carbocycles. The van der Waals surface area contributed by atoms with Gasteiger partial charge in [-0.15, -0.1) is 10.2 Å². The van der Waals surface area contributed by atoms with E-state index in [0.717, 1.165) is 59.4 Å². The summed E-state index contributed by atoms with van der Waals surface area (Å²) in [5.41, 5.74) is 3.02. The number of carbonyl (C=O) groups is 1. The highest BCUT2D eigenvalue weighted by Gasteiger charge is 2.14. The molecule has 3 rings (SSSR count). The molecule has 0 unspecified atom stereocenters. The van der Waals surface area contributed by atoms with Crippen LogP contribution in [0.2, 0.25) is 5.02 Å². The molecule has 170 valence electrons. The van der Waals surface area contributed by atoms with E-state index in [2.05, 4.69) is 33.9 Å². The molecule has 1 aromatic heterocycles. The lowest BCUT2D eigenvalue weighted by Crippen LogP contribution is -2.16. The standard InChI is InChI=1S/C24H29ClN4O2S/c1-4-18-9-6-7-10-20(18)26-23(30)16-32-24-28-27-22(29(24)5-2)11-8-14-31-21-13-12-19(25)15-17(21)3/h6-7,9-10,12-13,15H,4-5,8,11,14,16H2,1-3H3,(H,26,30). The summed E-state index contributed by atoms with van der Waals surface area (Å²) in [6.07, 6.45) is 2.45. The third-order valence-corrected chi connectivity index (χ3v) is 6.26. The van der Waals surface area contributed by atoms with Crippen LogP contribution in [0, 0.1) is 6.92 Å². The number of thioether (sulfide) groups is 1. The van der Waals surface area contributed by atoms with Crippen LogP contribution in [0.4, 0.5) is 5.69 Å². The predicted octanol–water partition coefficient (Wildman–Crippen LogP) is 5.56. The maximum absolute atomic E-state index is 12.4. The number of rotatable bonds is 11. The Bertz CT molecular complexity index is 1050. The summed E-state index contributed by atoms with van der Waals surface area (Å²) in [4.78, 5) is 12.4. The number of carbonyl (C=O) groups excluding carboxylic acids is 1. The van der Waals surface area contributed by atoms with Crippen molar-refractivity contribution in [2.24, 2.45) is 0 Å². The molecule has 3 aromatic rings. The van der Waals surface area contributed by atoms with Crippen LogP contribution in [-0.4, -0.2) is 33.0 Å². The predicted molar refractivity (Wildman–Crippen MR) is 131 cm³/mol. The van der Waals surface area contributed by atoms with Crippen molar-refractivity contribution in [2.75, 3.05) is 17.7 Å². The fourth-order valence-electron chi connectivity index (χ4n) is 3.38. The van der Waals surface area contributed by atoms with E-state index in [-0.39, 0.29) is 11.7 Å². The van der Waals surface area contributed by atoms with Crippen molar-refractivity contribution in [2.45, 2.75) is 51.7 Å². The van der Waals surface area contributed by atoms with Crippen molar-refractivity contribution in [3.63, 3.8) is 0 Å². The Balaban J connectivity index is 1.50. The molecule has 32 heavy (non-hydrogen) atoms. The molecule has 0 aliphatic carbocycles. The summed E-state index contributed by atoms with van der Waals surface area (Å²) < 4.78 is 7.93. The zero-order chi connectivity index (χ0) is 22.9. The molecule has 8 heteroatoms. The van der Waals surface area contributed by atoms with Crippen LogP contribution in [0.25, 0.3) is 0 Å². The van der Waals surface area contributed by atoms with Crippen LogP contribution in [0.15, 0.2) is 47.6 Å². The molecule has 0 fully saturated rings. The number of para-hydroxylation sites is 1. The monoisotopic (exact) mass is 472 g/mol. The van der Waals surface area contributed by atoms with Crippen molar-refractivity contribution >= 4 is 35.0 Å². The van der Waals surface area contributed by atoms with Gasteiger partial charge in [-0.25, -0.2) is 0 Å². The van der Waals surface area contributed by atoms with E-state index in [4.69, 9.17) is 16.3 Å². The minimum atomic E-state index is -0.0464. The normalized spacial score (nSPS) is 10.9. The van der Waals surface area contributed by atoms with Gasteiger partial charge in [-0.05, 0) is 62.1 Å². The van der Waals surface area contributed by atoms with Crippen LogP contribution in [-0.2, 0) is 24.2 Å². The highest BCUT2D eigenvalue weighted by Crippen LogP contribution is 2.23. The van der Waals surface area contributed by atoms with E-state index < -0.39 is 0 Å². The van der Waals surface area contributed by atoms with Crippen LogP contribution in [0.1, 0.15) is 37.2 Å². The molecule has 0 spiro atoms. The largest absolute Gasteiger partial charge is 0.493 e. The number of nitrogens with zero attached hydrogens (tertiary/aromatic N) is 3. The average molecular weight is 473 g/mol. The second-order valence-electron chi connectivity index (χ2n) is 7.35. The van der Waals surface area contributed by atoms with E-state index in [1.165, 1.54) is 11.8 Å². The summed E-state index contributed by atoms with van der Waals surface area (Å²) in [6, 6.07) is 13.5. The summed E-state index contributed by atoms with van der Waals surface area (Å²) in [7, 11) is 0. The van der Waals surface area contributed by atoms with Crippen molar-refractivity contribution in [1.82, 2.24) is 14.8 Å². The number of hydrogen-bond donors (Lipinski definition) is 1. The number of aryl methyl sites for hydroxylation is 3. The lowest BCUT2D eigenvalue weighted by Gasteiger charge is -2.11. The average Bonchev–Trinajstić information content (AvgIpc) is 3.18. The van der Waals surface area contributed by atoms with Gasteiger partial charge in [0.2, 0.25) is 5.91 Å². The van der Waals surface area contributed by atoms with E-state index in [0.29, 0.717) is 11.6 Å². The van der Waals surface area contributed by atoms with Gasteiger partial charge in [-0.2, -0.15) is 0 Å². The Kier molecular flexibility index (Phi) is 9.00. The molecular weight excluding hydrogens is 444 g/mol. The molecule has 1 amide bonds. The third kappa shape index (κ3) is 6.50. The first-order valence-corrected chi connectivity index (χ1v) is 12.2. The number of nitrogens with one attached hydrogen (secondary N) is 1. The van der Waals surface area contributed by atoms with Crippen molar-refractivity contribution < 1.29 is 9.53 Å². The number of hydrogen-bond acceptors (Lipinski definition) is 5. The lowest BCUT2D eigenvalue weighted by atomic mass is 10.1. The first-order chi connectivity index (χ1) is 15.5. The van der Waals surface area contributed by atoms with Crippen LogP contribution < -0.4 is 10.1 Å². The van der Waals surface area contributed by atoms with Crippen molar-refractivity contribution in [3.05, 3.63) is 64.4 Å². The highest BCUT2D eigenvalue weighted by atomic mass is 35.5. The van der Waals surface area contributed by atoms with Crippen molar-refractivity contribution in [3.8, 4) is 5.75 Å². The number of amides is 1. The Morgan fingerprint density at radius 2 is 2.00 bits per heavy atom. The Morgan fingerprint density at radius 1 is 1.19 bits per heavy atom. The fraction of sp³-hybridized carbons (Fsp3) is 0.375. The van der Waals surface area contributed by atoms with Crippen LogP contribution in [0.5, 0.6) is 5.75 Å². The fourth-order valence-corrected chi connectivity index (χ4v) is 4.43. The molecule has 1 heterocycles. The quantitative estimate of drug-likeness (QED) is 0.292. The van der Waals surface area contributed by atoms with Crippen LogP contribution in [0.3, 0.4) is 0 Å². The van der Waals surface area contributed by atoms with Crippen LogP contribution >= 0.6 is 23.4 Å². The minimum absolute atomic E-state index is 0.0464. The molecule has 0 aliphatic rings. The van der Waals surface area contributed by atoms with E-state index in [9.17, 15) is 4.79 Å². The molecule has 0 saturated heterocycles. The molecule has 0 saturated carbocycles. The topological polar surface area (TPSA) is 69.0 Å². The first-order valence-electron chi connectivity index (χ1n) is 10.8. The smallest absolute Gasteiger partial charge is 0.234 e. The maximum atomic E-state index is 12.4. The summed E-state index contributed by atoms with van der Waals surface area (Å²) >= 11 is 7.40. The zero-order valence-corrected chi connectivity index (χ0v) is 20.3. The van der Waals surface area contributed by atoms with Gasteiger partial charge in [0.15, 0.2) is 5.16 Å². The molecule has 6 nitrogen and oxygen atoms in total. The van der Waals surface area contributed by atoms with Crippen molar-refractivity contribution in [1.29, 1.82) is 0 Å². The van der Waals surface area contributed by atoms with Gasteiger partial charge in [0.1, 0.15) is 11.6 Å². The lowest BCUT2D eigenvalue weighted by molar-refractivity contribution is -0.113. The highest BCUT2D eigenvalue weighted by molar-refractivity contribution is 7.99. The van der Waals surface area contributed by atoms with Gasteiger partial charge >= 0.3 is 0 Å². The maximum Gasteiger partial charge on any atom is 0.234 e. The zero-order valence-electron chi connectivity index (χ0n) is 18.7. The van der Waals surface area contributed by atoms with Gasteiger partial charge in [0.25, 0.3) is 0 Å². The van der Waals surface area contributed by atoms with E-state index in [1.54, 1.807) is 0 Å². The molecule has 1 N–H and O–H groups in total. The number of ether oxygens (including phenoxy) is 1. The summed E-state index contributed by atoms with van der Waals surface area (Å²) in [5.74, 6) is 1.99. The van der Waals surface area contributed by atoms with Gasteiger partial charge < -0.3 is 14.6 Å². The number of benzene rings is 2. The molecule has 0 aliphatic heterocycles. The molecule has 0 atom stereocenters. The number of halogens is 1. The number of anilines is 1. The number of aromatic nitrogens is 3. The summed E-state index contributed by atoms with van der Waals surface area (Å²) in [6.45, 7) is 7.45. The van der Waals surface area contributed by atoms with Gasteiger partial charge in [0.05, 0.1) is 12.4 Å². The van der Waals surface area contributed by atoms with Gasteiger partial charge in [0, 0.05) is 23.7 Å². The molecule has 0 radical (unpaired) electrons. The summed E-state index contributed by atoms with van der Waals surface area (Å²) in [5, 5.41) is 13.1. The SMILES string of the molecule is CCc1ccccc1NC(=O)CSc1nnc(CCCOc2ccc(Cl)cc2C)n1CC. The van der Waals surface area contributed by atoms with E-state index in [1.807, 2.05) is 49.4 Å². The second-order valence-corrected chi connectivity index (χ2v) is 8.73. The minimum Gasteiger partial charge on any atom is -0.493 e. The Labute approximate surface area is 198 Å². The molecule has 0 bridgehead atoms.